The molecule has 0 aromatic rings. The van der Waals surface area contributed by atoms with Crippen LogP contribution in [0.4, 0.5) is 4.53 Å². The van der Waals surface area contributed by atoms with Crippen LogP contribution in [0.1, 0.15) is 6.42 Å². The molecule has 6 heavy (non-hydrogen) atoms. The molecule has 0 aliphatic carbocycles. The topological polar surface area (TPSA) is 9.23 Å². The van der Waals surface area contributed by atoms with Gasteiger partial charge in [-0.3, -0.25) is 0 Å². The van der Waals surface area contributed by atoms with E-state index in [0.717, 1.165) is 0 Å². The molecule has 0 heterocycles. The quantitative estimate of drug-likeness (QED) is 0.424. The standard InChI is InChI=1S/C3H7FOS/c4-5-2-1-3-6/h6H,1-3H2. The van der Waals surface area contributed by atoms with E-state index in [0.29, 0.717) is 12.2 Å². The first-order valence-electron chi connectivity index (χ1n) is 1.76. The zero-order valence-electron chi connectivity index (χ0n) is 3.35. The highest BCUT2D eigenvalue weighted by molar-refractivity contribution is 7.80. The van der Waals surface area contributed by atoms with Crippen molar-refractivity contribution in [2.45, 2.75) is 6.42 Å². The Bertz CT molecular complexity index is 22.8. The molecule has 0 rings (SSSR count). The molecule has 0 aromatic carbocycles. The fourth-order valence-electron chi connectivity index (χ4n) is 0.119. The highest BCUT2D eigenvalue weighted by Crippen LogP contribution is 1.83. The zero-order valence-corrected chi connectivity index (χ0v) is 4.25. The van der Waals surface area contributed by atoms with Gasteiger partial charge in [-0.25, -0.2) is 0 Å². The molecule has 3 heteroatoms. The molecule has 0 spiro atoms. The van der Waals surface area contributed by atoms with Crippen LogP contribution in [0.25, 0.3) is 0 Å². The van der Waals surface area contributed by atoms with Gasteiger partial charge in [0.15, 0.2) is 0 Å². The highest BCUT2D eigenvalue weighted by Gasteiger charge is 1.78. The first kappa shape index (κ1) is 6.24. The lowest BCUT2D eigenvalue weighted by Gasteiger charge is -1.83. The largest absolute Gasteiger partial charge is 0.194 e. The van der Waals surface area contributed by atoms with E-state index >= 15 is 0 Å². The van der Waals surface area contributed by atoms with Crippen LogP contribution >= 0.6 is 12.6 Å². The summed E-state index contributed by atoms with van der Waals surface area (Å²) in [5, 5.41) is 0. The lowest BCUT2D eigenvalue weighted by atomic mass is 10.5. The Morgan fingerprint density at radius 1 is 1.67 bits per heavy atom. The van der Waals surface area contributed by atoms with Crippen LogP contribution in [0.3, 0.4) is 0 Å². The van der Waals surface area contributed by atoms with Crippen LogP contribution < -0.4 is 0 Å². The van der Waals surface area contributed by atoms with E-state index in [-0.39, 0.29) is 6.61 Å². The Hall–Kier alpha value is 0.240. The molecule has 0 aliphatic heterocycles. The molecule has 0 aromatic heterocycles. The molecular formula is C3H7FOS. The van der Waals surface area contributed by atoms with Crippen LogP contribution in [0.15, 0.2) is 0 Å². The van der Waals surface area contributed by atoms with Gasteiger partial charge >= 0.3 is 0 Å². The van der Waals surface area contributed by atoms with Crippen molar-refractivity contribution in [1.29, 1.82) is 0 Å². The summed E-state index contributed by atoms with van der Waals surface area (Å²) in [5.41, 5.74) is 0. The Morgan fingerprint density at radius 3 is 2.50 bits per heavy atom. The van der Waals surface area contributed by atoms with E-state index < -0.39 is 0 Å². The summed E-state index contributed by atoms with van der Waals surface area (Å²) in [6.45, 7) is 0.170. The van der Waals surface area contributed by atoms with Gasteiger partial charge < -0.3 is 0 Å². The maximum Gasteiger partial charge on any atom is 0.0884 e. The maximum absolute atomic E-state index is 10.6. The van der Waals surface area contributed by atoms with Gasteiger partial charge in [0.2, 0.25) is 0 Å². The monoisotopic (exact) mass is 110 g/mol. The van der Waals surface area contributed by atoms with Gasteiger partial charge in [-0.15, -0.1) is 0 Å². The third-order valence-electron chi connectivity index (χ3n) is 0.380. The number of hydrogen-bond donors (Lipinski definition) is 1. The van der Waals surface area contributed by atoms with Gasteiger partial charge in [0.05, 0.1) is 6.61 Å². The molecule has 0 atom stereocenters. The Balaban J connectivity index is 2.34. The van der Waals surface area contributed by atoms with Crippen LogP contribution in [0, 0.1) is 0 Å². The van der Waals surface area contributed by atoms with Gasteiger partial charge in [0.25, 0.3) is 0 Å². The second-order valence-electron chi connectivity index (χ2n) is 0.890. The lowest BCUT2D eigenvalue weighted by Crippen LogP contribution is -1.83. The van der Waals surface area contributed by atoms with Crippen molar-refractivity contribution in [3.63, 3.8) is 0 Å². The van der Waals surface area contributed by atoms with Crippen molar-refractivity contribution >= 4 is 12.6 Å². The maximum atomic E-state index is 10.6. The van der Waals surface area contributed by atoms with E-state index in [1.54, 1.807) is 0 Å². The van der Waals surface area contributed by atoms with Crippen LogP contribution in [0.5, 0.6) is 0 Å². The highest BCUT2D eigenvalue weighted by atomic mass is 32.1. The molecule has 0 radical (unpaired) electrons. The summed E-state index contributed by atoms with van der Waals surface area (Å²) in [7, 11) is 0. The van der Waals surface area contributed by atoms with Crippen molar-refractivity contribution in [2.75, 3.05) is 12.4 Å². The first-order valence-corrected chi connectivity index (χ1v) is 2.39. The van der Waals surface area contributed by atoms with Crippen molar-refractivity contribution < 1.29 is 9.47 Å². The van der Waals surface area contributed by atoms with Gasteiger partial charge in [-0.2, -0.15) is 17.6 Å². The smallest absolute Gasteiger partial charge is 0.0884 e. The summed E-state index contributed by atoms with van der Waals surface area (Å²) in [5.74, 6) is 0.684. The molecule has 0 bridgehead atoms. The molecule has 38 valence electrons. The van der Waals surface area contributed by atoms with Gasteiger partial charge in [0.1, 0.15) is 0 Å². The zero-order chi connectivity index (χ0) is 4.83. The van der Waals surface area contributed by atoms with E-state index in [1.807, 2.05) is 0 Å². The molecule has 1 nitrogen and oxygen atoms in total. The number of halogens is 1. The third kappa shape index (κ3) is 4.24. The third-order valence-corrected chi connectivity index (χ3v) is 0.696. The molecule has 0 fully saturated rings. The van der Waals surface area contributed by atoms with Gasteiger partial charge in [-0.05, 0) is 16.7 Å². The minimum absolute atomic E-state index is 0.170. The van der Waals surface area contributed by atoms with E-state index in [4.69, 9.17) is 0 Å². The van der Waals surface area contributed by atoms with Gasteiger partial charge in [-0.1, -0.05) is 0 Å². The predicted octanol–water partition coefficient (Wildman–Crippen LogP) is 1.21. The average molecular weight is 110 g/mol. The van der Waals surface area contributed by atoms with E-state index in [2.05, 4.69) is 17.6 Å². The van der Waals surface area contributed by atoms with Crippen LogP contribution in [-0.2, 0) is 4.94 Å². The lowest BCUT2D eigenvalue weighted by molar-refractivity contribution is -0.131. The molecule has 0 N–H and O–H groups in total. The molecule has 0 saturated heterocycles. The Morgan fingerprint density at radius 2 is 2.33 bits per heavy atom. The predicted molar refractivity (Wildman–Crippen MR) is 25.5 cm³/mol. The summed E-state index contributed by atoms with van der Waals surface area (Å²) in [4.78, 5) is 3.23. The second-order valence-corrected chi connectivity index (χ2v) is 1.34. The Kier molecular flexibility index (Phi) is 5.45. The minimum Gasteiger partial charge on any atom is -0.194 e. The Labute approximate surface area is 41.8 Å². The van der Waals surface area contributed by atoms with E-state index in [1.165, 1.54) is 0 Å². The number of thiol groups is 1. The molecule has 0 aliphatic rings. The van der Waals surface area contributed by atoms with Crippen LogP contribution in [-0.4, -0.2) is 12.4 Å². The van der Waals surface area contributed by atoms with Crippen molar-refractivity contribution in [3.8, 4) is 0 Å². The van der Waals surface area contributed by atoms with Crippen molar-refractivity contribution in [2.24, 2.45) is 0 Å². The van der Waals surface area contributed by atoms with Crippen molar-refractivity contribution in [1.82, 2.24) is 0 Å². The second kappa shape index (κ2) is 5.24. The van der Waals surface area contributed by atoms with Gasteiger partial charge in [0, 0.05) is 0 Å². The SMILES string of the molecule is FOCCCS. The number of hydrogen-bond acceptors (Lipinski definition) is 2. The normalized spacial score (nSPS) is 9.00. The van der Waals surface area contributed by atoms with Crippen molar-refractivity contribution in [3.05, 3.63) is 0 Å². The summed E-state index contributed by atoms with van der Waals surface area (Å²) < 4.78 is 10.6. The minimum atomic E-state index is 0.170. The molecule has 0 amide bonds. The molecular weight excluding hydrogens is 103 g/mol. The summed E-state index contributed by atoms with van der Waals surface area (Å²) in [6.07, 6.45) is 0.680. The fraction of sp³-hybridized carbons (Fsp3) is 1.00. The summed E-state index contributed by atoms with van der Waals surface area (Å²) in [6, 6.07) is 0. The fourth-order valence-corrected chi connectivity index (χ4v) is 0.248. The molecule has 0 unspecified atom stereocenters. The average Bonchev–Trinajstić information content (AvgIpc) is 1.61. The number of rotatable bonds is 3. The summed E-state index contributed by atoms with van der Waals surface area (Å²) >= 11 is 3.81. The van der Waals surface area contributed by atoms with E-state index in [9.17, 15) is 4.53 Å². The first-order chi connectivity index (χ1) is 2.91. The molecule has 0 saturated carbocycles. The van der Waals surface area contributed by atoms with Crippen LogP contribution in [0.2, 0.25) is 0 Å².